The molecule has 3 heteroatoms. The highest BCUT2D eigenvalue weighted by Gasteiger charge is 2.31. The van der Waals surface area contributed by atoms with Gasteiger partial charge in [0, 0.05) is 6.42 Å². The van der Waals surface area contributed by atoms with Crippen molar-refractivity contribution in [3.63, 3.8) is 0 Å². The minimum atomic E-state index is -3.46. The fourth-order valence-corrected chi connectivity index (χ4v) is 4.62. The second-order valence-electron chi connectivity index (χ2n) is 8.65. The Hall–Kier alpha value is -1.61. The standard InChI is InChI=1S/C21H25O2S/c1-20(2,3)16-7-9-18-14(12-16)11-15-13-17(21(4,5)6)8-10-19(15)24(18,22)23/h7-13H,1-6H3. The quantitative estimate of drug-likeness (QED) is 0.575. The fraction of sp³-hybridized carbons (Fsp3) is 0.381. The molecular weight excluding hydrogens is 316 g/mol. The molecular formula is C21H25O2S. The van der Waals surface area contributed by atoms with Gasteiger partial charge in [-0.2, -0.15) is 0 Å². The Labute approximate surface area is 145 Å². The smallest absolute Gasteiger partial charge is 0.207 e. The van der Waals surface area contributed by atoms with Gasteiger partial charge in [0.2, 0.25) is 9.84 Å². The lowest BCUT2D eigenvalue weighted by molar-refractivity contribution is 0.581. The SMILES string of the molecule is CC(C)(C)c1ccc2c(c1)[CH]c1cc(C(C)(C)C)ccc1S2(=O)=O. The van der Waals surface area contributed by atoms with E-state index in [0.717, 1.165) is 22.3 Å². The van der Waals surface area contributed by atoms with Gasteiger partial charge in [0.05, 0.1) is 9.79 Å². The van der Waals surface area contributed by atoms with E-state index >= 15 is 0 Å². The first kappa shape index (κ1) is 17.2. The van der Waals surface area contributed by atoms with Gasteiger partial charge < -0.3 is 0 Å². The molecule has 0 aliphatic carbocycles. The Morgan fingerprint density at radius 1 is 0.667 bits per heavy atom. The molecule has 24 heavy (non-hydrogen) atoms. The van der Waals surface area contributed by atoms with E-state index in [1.54, 1.807) is 12.1 Å². The first-order chi connectivity index (χ1) is 10.9. The van der Waals surface area contributed by atoms with Gasteiger partial charge in [-0.25, -0.2) is 8.42 Å². The molecule has 1 aliphatic rings. The van der Waals surface area contributed by atoms with Gasteiger partial charge in [0.25, 0.3) is 0 Å². The van der Waals surface area contributed by atoms with E-state index in [4.69, 9.17) is 0 Å². The lowest BCUT2D eigenvalue weighted by Gasteiger charge is -2.26. The number of hydrogen-bond donors (Lipinski definition) is 0. The maximum absolute atomic E-state index is 13.0. The number of fused-ring (bicyclic) bond motifs is 2. The molecule has 0 saturated heterocycles. The molecule has 2 nitrogen and oxygen atoms in total. The van der Waals surface area contributed by atoms with Crippen LogP contribution in [0.4, 0.5) is 0 Å². The van der Waals surface area contributed by atoms with Crippen LogP contribution in [0.5, 0.6) is 0 Å². The van der Waals surface area contributed by atoms with Crippen molar-refractivity contribution in [1.29, 1.82) is 0 Å². The minimum Gasteiger partial charge on any atom is -0.218 e. The first-order valence-corrected chi connectivity index (χ1v) is 9.78. The summed E-state index contributed by atoms with van der Waals surface area (Å²) < 4.78 is 26.0. The first-order valence-electron chi connectivity index (χ1n) is 8.29. The van der Waals surface area contributed by atoms with E-state index in [2.05, 4.69) is 41.5 Å². The average Bonchev–Trinajstić information content (AvgIpc) is 2.44. The second kappa shape index (κ2) is 5.19. The molecule has 0 atom stereocenters. The minimum absolute atomic E-state index is 0.0137. The average molecular weight is 341 g/mol. The Morgan fingerprint density at radius 3 is 1.38 bits per heavy atom. The largest absolute Gasteiger partial charge is 0.218 e. The third kappa shape index (κ3) is 2.79. The van der Waals surface area contributed by atoms with Crippen molar-refractivity contribution in [2.45, 2.75) is 62.2 Å². The van der Waals surface area contributed by atoms with Crippen molar-refractivity contribution in [2.75, 3.05) is 0 Å². The lowest BCUT2D eigenvalue weighted by atomic mass is 9.84. The molecule has 0 spiro atoms. The van der Waals surface area contributed by atoms with Gasteiger partial charge in [-0.05, 0) is 45.2 Å². The topological polar surface area (TPSA) is 34.1 Å². The van der Waals surface area contributed by atoms with Gasteiger partial charge in [-0.3, -0.25) is 0 Å². The maximum Gasteiger partial charge on any atom is 0.207 e. The van der Waals surface area contributed by atoms with E-state index in [1.165, 1.54) is 0 Å². The third-order valence-electron chi connectivity index (χ3n) is 4.64. The highest BCUT2D eigenvalue weighted by atomic mass is 32.2. The summed E-state index contributed by atoms with van der Waals surface area (Å²) in [5, 5.41) is 0. The van der Waals surface area contributed by atoms with Crippen LogP contribution >= 0.6 is 0 Å². The van der Waals surface area contributed by atoms with Crippen LogP contribution in [0.2, 0.25) is 0 Å². The van der Waals surface area contributed by atoms with Crippen molar-refractivity contribution in [1.82, 2.24) is 0 Å². The molecule has 2 aromatic rings. The molecule has 2 aromatic carbocycles. The van der Waals surface area contributed by atoms with Crippen molar-refractivity contribution in [2.24, 2.45) is 0 Å². The van der Waals surface area contributed by atoms with E-state index in [9.17, 15) is 8.42 Å². The molecule has 0 N–H and O–H groups in total. The molecule has 1 radical (unpaired) electrons. The molecule has 127 valence electrons. The zero-order chi connectivity index (χ0) is 17.9. The fourth-order valence-electron chi connectivity index (χ4n) is 3.03. The summed E-state index contributed by atoms with van der Waals surface area (Å²) in [6.07, 6.45) is 2.01. The summed E-state index contributed by atoms with van der Waals surface area (Å²) in [6.45, 7) is 12.8. The summed E-state index contributed by atoms with van der Waals surface area (Å²) >= 11 is 0. The second-order valence-corrected chi connectivity index (χ2v) is 10.5. The van der Waals surface area contributed by atoms with Crippen LogP contribution in [-0.2, 0) is 20.7 Å². The summed E-state index contributed by atoms with van der Waals surface area (Å²) in [5.74, 6) is 0. The Kier molecular flexibility index (Phi) is 3.72. The zero-order valence-electron chi connectivity index (χ0n) is 15.3. The van der Waals surface area contributed by atoms with Gasteiger partial charge in [-0.1, -0.05) is 65.8 Å². The van der Waals surface area contributed by atoms with Crippen LogP contribution in [-0.4, -0.2) is 8.42 Å². The number of benzene rings is 2. The number of sulfone groups is 1. The monoisotopic (exact) mass is 341 g/mol. The Balaban J connectivity index is 2.19. The highest BCUT2D eigenvalue weighted by Crippen LogP contribution is 2.39. The summed E-state index contributed by atoms with van der Waals surface area (Å²) in [4.78, 5) is 0.818. The molecule has 0 saturated carbocycles. The summed E-state index contributed by atoms with van der Waals surface area (Å²) in [5.41, 5.74) is 3.84. The van der Waals surface area contributed by atoms with Gasteiger partial charge in [0.15, 0.2) is 0 Å². The molecule has 1 aliphatic heterocycles. The van der Waals surface area contributed by atoms with Crippen molar-refractivity contribution in [3.8, 4) is 0 Å². The van der Waals surface area contributed by atoms with Crippen molar-refractivity contribution >= 4 is 9.84 Å². The summed E-state index contributed by atoms with van der Waals surface area (Å²) in [6, 6.07) is 11.4. The molecule has 0 unspecified atom stereocenters. The van der Waals surface area contributed by atoms with E-state index in [-0.39, 0.29) is 10.8 Å². The molecule has 0 aromatic heterocycles. The molecule has 0 bridgehead atoms. The van der Waals surface area contributed by atoms with Crippen LogP contribution in [0, 0.1) is 6.42 Å². The molecule has 1 heterocycles. The van der Waals surface area contributed by atoms with Gasteiger partial charge >= 0.3 is 0 Å². The summed E-state index contributed by atoms with van der Waals surface area (Å²) in [7, 11) is -3.46. The van der Waals surface area contributed by atoms with E-state index < -0.39 is 9.84 Å². The number of rotatable bonds is 0. The van der Waals surface area contributed by atoms with Crippen molar-refractivity contribution in [3.05, 3.63) is 65.1 Å². The van der Waals surface area contributed by atoms with E-state index in [1.807, 2.05) is 30.7 Å². The molecule has 0 fully saturated rings. The maximum atomic E-state index is 13.0. The zero-order valence-corrected chi connectivity index (χ0v) is 16.1. The third-order valence-corrected chi connectivity index (χ3v) is 6.54. The van der Waals surface area contributed by atoms with Crippen LogP contribution in [0.15, 0.2) is 46.2 Å². The van der Waals surface area contributed by atoms with Crippen molar-refractivity contribution < 1.29 is 8.42 Å². The van der Waals surface area contributed by atoms with Crippen LogP contribution < -0.4 is 0 Å². The predicted molar refractivity (Wildman–Crippen MR) is 98.2 cm³/mol. The van der Waals surface area contributed by atoms with Gasteiger partial charge in [-0.15, -0.1) is 0 Å². The van der Waals surface area contributed by atoms with Gasteiger partial charge in [0.1, 0.15) is 0 Å². The van der Waals surface area contributed by atoms with E-state index in [0.29, 0.717) is 9.79 Å². The van der Waals surface area contributed by atoms with Crippen LogP contribution in [0.3, 0.4) is 0 Å². The predicted octanol–water partition coefficient (Wildman–Crippen LogP) is 5.03. The lowest BCUT2D eigenvalue weighted by Crippen LogP contribution is -2.18. The highest BCUT2D eigenvalue weighted by molar-refractivity contribution is 7.91. The Bertz CT molecular complexity index is 838. The van der Waals surface area contributed by atoms with Crippen LogP contribution in [0.1, 0.15) is 63.8 Å². The normalized spacial score (nSPS) is 16.4. The van der Waals surface area contributed by atoms with Crippen LogP contribution in [0.25, 0.3) is 0 Å². The number of hydrogen-bond acceptors (Lipinski definition) is 2. The molecule has 0 amide bonds. The Morgan fingerprint density at radius 2 is 1.04 bits per heavy atom. The molecule has 3 rings (SSSR count).